The molecule has 1 aromatic rings. The van der Waals surface area contributed by atoms with Crippen LogP contribution >= 0.6 is 15.9 Å². The first-order valence-electron chi connectivity index (χ1n) is 6.34. The third-order valence-corrected chi connectivity index (χ3v) is 4.45. The van der Waals surface area contributed by atoms with Gasteiger partial charge in [0.05, 0.1) is 5.69 Å². The fourth-order valence-corrected chi connectivity index (χ4v) is 3.44. The van der Waals surface area contributed by atoms with E-state index in [0.717, 1.165) is 50.2 Å². The number of hydrogen-bond acceptors (Lipinski definition) is 3. The van der Waals surface area contributed by atoms with Gasteiger partial charge in [-0.15, -0.1) is 0 Å². The van der Waals surface area contributed by atoms with Gasteiger partial charge in [0.15, 0.2) is 4.73 Å². The lowest BCUT2D eigenvalue weighted by Crippen LogP contribution is -2.31. The monoisotopic (exact) mass is 299 g/mol. The standard InChI is InChI=1S/C12H18BrN3O/c13-12-15-11(8-2-5-17-6-3-8)10-7-9(14)1-4-16(10)12/h8-9H,1-7,14H2. The molecule has 0 amide bonds. The minimum atomic E-state index is 0.296. The lowest BCUT2D eigenvalue weighted by Gasteiger charge is -2.25. The van der Waals surface area contributed by atoms with Crippen LogP contribution in [0, 0.1) is 0 Å². The van der Waals surface area contributed by atoms with Crippen molar-refractivity contribution < 1.29 is 4.74 Å². The summed E-state index contributed by atoms with van der Waals surface area (Å²) in [6.07, 6.45) is 4.19. The van der Waals surface area contributed by atoms with Crippen LogP contribution in [-0.2, 0) is 17.7 Å². The molecule has 1 atom stereocenters. The zero-order valence-electron chi connectivity index (χ0n) is 9.86. The van der Waals surface area contributed by atoms with E-state index in [9.17, 15) is 0 Å². The van der Waals surface area contributed by atoms with Crippen molar-refractivity contribution in [2.75, 3.05) is 13.2 Å². The van der Waals surface area contributed by atoms with Gasteiger partial charge in [0, 0.05) is 43.8 Å². The number of hydrogen-bond donors (Lipinski definition) is 1. The largest absolute Gasteiger partial charge is 0.381 e. The highest BCUT2D eigenvalue weighted by Crippen LogP contribution is 2.33. The van der Waals surface area contributed by atoms with E-state index in [2.05, 4.69) is 20.5 Å². The van der Waals surface area contributed by atoms with Gasteiger partial charge in [0.25, 0.3) is 0 Å². The van der Waals surface area contributed by atoms with E-state index >= 15 is 0 Å². The van der Waals surface area contributed by atoms with Gasteiger partial charge in [-0.3, -0.25) is 0 Å². The lowest BCUT2D eigenvalue weighted by molar-refractivity contribution is 0.0843. The van der Waals surface area contributed by atoms with Crippen molar-refractivity contribution in [3.05, 3.63) is 16.1 Å². The highest BCUT2D eigenvalue weighted by atomic mass is 79.9. The van der Waals surface area contributed by atoms with Gasteiger partial charge < -0.3 is 15.0 Å². The van der Waals surface area contributed by atoms with Crippen molar-refractivity contribution in [2.45, 2.75) is 44.2 Å². The lowest BCUT2D eigenvalue weighted by atomic mass is 9.92. The molecule has 94 valence electrons. The summed E-state index contributed by atoms with van der Waals surface area (Å²) in [6.45, 7) is 2.72. The van der Waals surface area contributed by atoms with Crippen LogP contribution in [0.5, 0.6) is 0 Å². The van der Waals surface area contributed by atoms with Crippen LogP contribution in [0.15, 0.2) is 4.73 Å². The van der Waals surface area contributed by atoms with Crippen LogP contribution < -0.4 is 5.73 Å². The third-order valence-electron chi connectivity index (χ3n) is 3.84. The molecule has 2 aliphatic rings. The number of nitrogens with zero attached hydrogens (tertiary/aromatic N) is 2. The summed E-state index contributed by atoms with van der Waals surface area (Å²) in [4.78, 5) is 4.72. The highest BCUT2D eigenvalue weighted by molar-refractivity contribution is 9.10. The fraction of sp³-hybridized carbons (Fsp3) is 0.750. The second kappa shape index (κ2) is 4.71. The molecule has 1 unspecified atom stereocenters. The number of rotatable bonds is 1. The highest BCUT2D eigenvalue weighted by Gasteiger charge is 2.28. The van der Waals surface area contributed by atoms with Gasteiger partial charge in [-0.25, -0.2) is 4.98 Å². The van der Waals surface area contributed by atoms with Crippen molar-refractivity contribution in [3.63, 3.8) is 0 Å². The van der Waals surface area contributed by atoms with Crippen LogP contribution in [0.4, 0.5) is 0 Å². The Bertz CT molecular complexity index is 412. The molecule has 17 heavy (non-hydrogen) atoms. The summed E-state index contributed by atoms with van der Waals surface area (Å²) in [6, 6.07) is 0.296. The molecule has 0 aromatic carbocycles. The van der Waals surface area contributed by atoms with Crippen LogP contribution in [0.2, 0.25) is 0 Å². The van der Waals surface area contributed by atoms with Crippen LogP contribution in [0.3, 0.4) is 0 Å². The van der Waals surface area contributed by atoms with Crippen molar-refractivity contribution in [2.24, 2.45) is 5.73 Å². The molecular weight excluding hydrogens is 282 g/mol. The predicted molar refractivity (Wildman–Crippen MR) is 69.0 cm³/mol. The molecule has 0 aliphatic carbocycles. The number of fused-ring (bicyclic) bond motifs is 1. The number of aromatic nitrogens is 2. The Kier molecular flexibility index (Phi) is 3.23. The van der Waals surface area contributed by atoms with E-state index in [-0.39, 0.29) is 0 Å². The maximum Gasteiger partial charge on any atom is 0.177 e. The Morgan fingerprint density at radius 2 is 2.06 bits per heavy atom. The van der Waals surface area contributed by atoms with E-state index in [4.69, 9.17) is 15.5 Å². The molecule has 0 radical (unpaired) electrons. The molecule has 0 spiro atoms. The number of nitrogens with two attached hydrogens (primary N) is 1. The molecule has 0 saturated carbocycles. The van der Waals surface area contributed by atoms with Gasteiger partial charge >= 0.3 is 0 Å². The van der Waals surface area contributed by atoms with Crippen LogP contribution in [0.25, 0.3) is 0 Å². The van der Waals surface area contributed by atoms with Gasteiger partial charge in [0.2, 0.25) is 0 Å². The zero-order valence-corrected chi connectivity index (χ0v) is 11.4. The average molecular weight is 300 g/mol. The Morgan fingerprint density at radius 3 is 2.82 bits per heavy atom. The molecule has 2 N–H and O–H groups in total. The SMILES string of the molecule is NC1CCn2c(Br)nc(C3CCOCC3)c2C1. The van der Waals surface area contributed by atoms with Crippen LogP contribution in [0.1, 0.15) is 36.6 Å². The van der Waals surface area contributed by atoms with Gasteiger partial charge in [0.1, 0.15) is 0 Å². The summed E-state index contributed by atoms with van der Waals surface area (Å²) in [5.74, 6) is 0.557. The average Bonchev–Trinajstić information content (AvgIpc) is 2.67. The molecular formula is C12H18BrN3O. The Morgan fingerprint density at radius 1 is 1.29 bits per heavy atom. The topological polar surface area (TPSA) is 53.1 Å². The molecule has 3 heterocycles. The van der Waals surface area contributed by atoms with Gasteiger partial charge in [-0.2, -0.15) is 0 Å². The van der Waals surface area contributed by atoms with E-state index in [1.165, 1.54) is 11.4 Å². The normalized spacial score (nSPS) is 25.9. The van der Waals surface area contributed by atoms with Crippen molar-refractivity contribution in [1.29, 1.82) is 0 Å². The maximum absolute atomic E-state index is 6.08. The van der Waals surface area contributed by atoms with Crippen LogP contribution in [-0.4, -0.2) is 28.8 Å². The molecule has 1 fully saturated rings. The minimum Gasteiger partial charge on any atom is -0.381 e. The second-order valence-electron chi connectivity index (χ2n) is 5.00. The first-order chi connectivity index (χ1) is 8.25. The molecule has 1 aromatic heterocycles. The van der Waals surface area contributed by atoms with Crippen molar-refractivity contribution in [3.8, 4) is 0 Å². The molecule has 5 heteroatoms. The predicted octanol–water partition coefficient (Wildman–Crippen LogP) is 1.81. The fourth-order valence-electron chi connectivity index (χ4n) is 2.86. The van der Waals surface area contributed by atoms with Crippen molar-refractivity contribution >= 4 is 15.9 Å². The summed E-state index contributed by atoms with van der Waals surface area (Å²) in [7, 11) is 0. The molecule has 2 aliphatic heterocycles. The first-order valence-corrected chi connectivity index (χ1v) is 7.13. The maximum atomic E-state index is 6.08. The third kappa shape index (κ3) is 2.16. The van der Waals surface area contributed by atoms with Gasteiger partial charge in [-0.05, 0) is 35.2 Å². The minimum absolute atomic E-state index is 0.296. The van der Waals surface area contributed by atoms with E-state index in [1.54, 1.807) is 0 Å². The molecule has 3 rings (SSSR count). The summed E-state index contributed by atoms with van der Waals surface area (Å²) < 4.78 is 8.68. The second-order valence-corrected chi connectivity index (χ2v) is 5.71. The molecule has 4 nitrogen and oxygen atoms in total. The summed E-state index contributed by atoms with van der Waals surface area (Å²) >= 11 is 3.57. The summed E-state index contributed by atoms with van der Waals surface area (Å²) in [5.41, 5.74) is 8.69. The van der Waals surface area contributed by atoms with E-state index in [0.29, 0.717) is 12.0 Å². The van der Waals surface area contributed by atoms with E-state index in [1.807, 2.05) is 0 Å². The number of imidazole rings is 1. The molecule has 1 saturated heterocycles. The Hall–Kier alpha value is -0.390. The Labute approximate surface area is 110 Å². The number of halogens is 1. The smallest absolute Gasteiger partial charge is 0.177 e. The first kappa shape index (κ1) is 11.7. The molecule has 0 bridgehead atoms. The van der Waals surface area contributed by atoms with E-state index < -0.39 is 0 Å². The summed E-state index contributed by atoms with van der Waals surface area (Å²) in [5, 5.41) is 0. The Balaban J connectivity index is 1.93. The quantitative estimate of drug-likeness (QED) is 0.860. The van der Waals surface area contributed by atoms with Gasteiger partial charge in [-0.1, -0.05) is 0 Å². The zero-order chi connectivity index (χ0) is 11.8. The number of ether oxygens (including phenoxy) is 1. The van der Waals surface area contributed by atoms with Crippen molar-refractivity contribution in [1.82, 2.24) is 9.55 Å².